The van der Waals surface area contributed by atoms with Crippen LogP contribution in [0.2, 0.25) is 5.02 Å². The zero-order valence-corrected chi connectivity index (χ0v) is 17.1. The summed E-state index contributed by atoms with van der Waals surface area (Å²) in [6, 6.07) is 23.5. The van der Waals surface area contributed by atoms with Crippen LogP contribution in [0.15, 0.2) is 72.8 Å². The molecule has 1 amide bonds. The van der Waals surface area contributed by atoms with Crippen molar-refractivity contribution < 1.29 is 9.90 Å². The van der Waals surface area contributed by atoms with Gasteiger partial charge in [0.15, 0.2) is 0 Å². The number of aromatic amines is 1. The summed E-state index contributed by atoms with van der Waals surface area (Å²) >= 11 is 6.12. The molecule has 0 saturated heterocycles. The fourth-order valence-electron chi connectivity index (χ4n) is 4.45. The molecule has 0 radical (unpaired) electrons. The highest BCUT2D eigenvalue weighted by atomic mass is 35.5. The van der Waals surface area contributed by atoms with E-state index in [0.29, 0.717) is 18.0 Å². The van der Waals surface area contributed by atoms with Crippen LogP contribution in [0.4, 0.5) is 0 Å². The van der Waals surface area contributed by atoms with Gasteiger partial charge in [0, 0.05) is 40.2 Å². The second kappa shape index (κ2) is 7.63. The Hall–Kier alpha value is -3.08. The number of H-pyrrole nitrogens is 1. The Morgan fingerprint density at radius 1 is 0.967 bits per heavy atom. The number of carbonyl (C=O) groups is 1. The first-order valence-corrected chi connectivity index (χ1v) is 10.4. The average Bonchev–Trinajstić information content (AvgIpc) is 3.28. The quantitative estimate of drug-likeness (QED) is 0.456. The molecule has 1 atom stereocenters. The van der Waals surface area contributed by atoms with Gasteiger partial charge < -0.3 is 15.0 Å². The lowest BCUT2D eigenvalue weighted by Crippen LogP contribution is -2.30. The van der Waals surface area contributed by atoms with Crippen molar-refractivity contribution in [2.75, 3.05) is 13.2 Å². The highest BCUT2D eigenvalue weighted by Gasteiger charge is 2.39. The molecule has 2 N–H and O–H groups in total. The van der Waals surface area contributed by atoms with Gasteiger partial charge in [-0.05, 0) is 41.8 Å². The van der Waals surface area contributed by atoms with Gasteiger partial charge in [0.2, 0.25) is 0 Å². The van der Waals surface area contributed by atoms with Gasteiger partial charge in [-0.15, -0.1) is 0 Å². The molecular formula is C25H21ClN2O2. The van der Waals surface area contributed by atoms with Gasteiger partial charge in [-0.25, -0.2) is 0 Å². The van der Waals surface area contributed by atoms with E-state index in [-0.39, 0.29) is 18.6 Å². The normalized spacial score (nSPS) is 15.7. The van der Waals surface area contributed by atoms with Gasteiger partial charge in [-0.1, -0.05) is 60.1 Å². The van der Waals surface area contributed by atoms with E-state index in [1.54, 1.807) is 0 Å². The Labute approximate surface area is 179 Å². The monoisotopic (exact) mass is 416 g/mol. The molecule has 0 fully saturated rings. The number of halogens is 1. The third kappa shape index (κ3) is 3.00. The summed E-state index contributed by atoms with van der Waals surface area (Å²) in [6.45, 7) is 0.541. The van der Waals surface area contributed by atoms with Crippen molar-refractivity contribution in [2.45, 2.75) is 12.5 Å². The molecule has 4 nitrogen and oxygen atoms in total. The summed E-state index contributed by atoms with van der Waals surface area (Å²) in [5, 5.41) is 11.2. The maximum absolute atomic E-state index is 13.3. The summed E-state index contributed by atoms with van der Waals surface area (Å²) in [5.74, 6) is 0.0105. The van der Waals surface area contributed by atoms with Gasteiger partial charge >= 0.3 is 0 Å². The third-order valence-corrected chi connectivity index (χ3v) is 6.02. The number of aliphatic hydroxyl groups is 1. The summed E-state index contributed by atoms with van der Waals surface area (Å²) in [5.41, 5.74) is 5.83. The maximum Gasteiger partial charge on any atom is 0.255 e. The van der Waals surface area contributed by atoms with Crippen LogP contribution in [0.1, 0.15) is 33.9 Å². The highest BCUT2D eigenvalue weighted by Crippen LogP contribution is 2.45. The van der Waals surface area contributed by atoms with Crippen LogP contribution < -0.4 is 0 Å². The van der Waals surface area contributed by atoms with Crippen LogP contribution in [-0.2, 0) is 0 Å². The van der Waals surface area contributed by atoms with Crippen LogP contribution in [0.3, 0.4) is 0 Å². The Morgan fingerprint density at radius 2 is 1.70 bits per heavy atom. The lowest BCUT2D eigenvalue weighted by molar-refractivity contribution is 0.0739. The molecule has 0 spiro atoms. The molecule has 0 aliphatic carbocycles. The SMILES string of the molecule is O=C1c2ccccc2C(c2c(-c3ccc(Cl)cc3)[nH]c3ccccc23)N1CCCO. The number of hydrogen-bond acceptors (Lipinski definition) is 2. The number of rotatable bonds is 5. The van der Waals surface area contributed by atoms with Gasteiger partial charge in [0.05, 0.1) is 11.7 Å². The van der Waals surface area contributed by atoms with Gasteiger partial charge in [0.25, 0.3) is 5.91 Å². The van der Waals surface area contributed by atoms with Gasteiger partial charge in [-0.2, -0.15) is 0 Å². The fraction of sp³-hybridized carbons (Fsp3) is 0.160. The zero-order valence-electron chi connectivity index (χ0n) is 16.3. The van der Waals surface area contributed by atoms with E-state index >= 15 is 0 Å². The number of carbonyl (C=O) groups excluding carboxylic acids is 1. The van der Waals surface area contributed by atoms with Gasteiger partial charge in [-0.3, -0.25) is 4.79 Å². The van der Waals surface area contributed by atoms with Gasteiger partial charge in [0.1, 0.15) is 0 Å². The number of hydrogen-bond donors (Lipinski definition) is 2. The standard InChI is InChI=1S/C25H21ClN2O2/c26-17-12-10-16(11-13-17)23-22(20-8-3-4-9-21(20)27-23)24-18-6-1-2-7-19(18)25(30)28(24)14-5-15-29/h1-4,6-13,24,27,29H,5,14-15H2. The maximum atomic E-state index is 13.3. The van der Waals surface area contributed by atoms with E-state index in [4.69, 9.17) is 11.6 Å². The minimum Gasteiger partial charge on any atom is -0.396 e. The number of aromatic nitrogens is 1. The summed E-state index contributed by atoms with van der Waals surface area (Å²) in [6.07, 6.45) is 0.537. The van der Waals surface area contributed by atoms with E-state index in [1.165, 1.54) is 0 Å². The largest absolute Gasteiger partial charge is 0.396 e. The molecule has 4 aromatic rings. The molecule has 5 rings (SSSR count). The molecule has 150 valence electrons. The van der Waals surface area contributed by atoms with E-state index in [9.17, 15) is 9.90 Å². The first-order chi connectivity index (χ1) is 14.7. The Kier molecular flexibility index (Phi) is 4.81. The third-order valence-electron chi connectivity index (χ3n) is 5.77. The number of nitrogens with zero attached hydrogens (tertiary/aromatic N) is 1. The predicted octanol–water partition coefficient (Wildman–Crippen LogP) is 5.42. The molecule has 1 aliphatic rings. The van der Waals surface area contributed by atoms with Crippen molar-refractivity contribution in [3.8, 4) is 11.3 Å². The van der Waals surface area contributed by atoms with Crippen LogP contribution in [0.25, 0.3) is 22.2 Å². The van der Waals surface area contributed by atoms with Crippen molar-refractivity contribution in [1.82, 2.24) is 9.88 Å². The average molecular weight is 417 g/mol. The van der Waals surface area contributed by atoms with E-state index in [2.05, 4.69) is 17.1 Å². The number of aliphatic hydroxyl groups excluding tert-OH is 1. The molecule has 3 aromatic carbocycles. The Bertz CT molecular complexity index is 1230. The zero-order chi connectivity index (χ0) is 20.7. The van der Waals surface area contributed by atoms with E-state index in [1.807, 2.05) is 65.6 Å². The van der Waals surface area contributed by atoms with Crippen molar-refractivity contribution in [2.24, 2.45) is 0 Å². The van der Waals surface area contributed by atoms with Crippen LogP contribution in [-0.4, -0.2) is 34.0 Å². The number of para-hydroxylation sites is 1. The molecule has 1 aromatic heterocycles. The molecule has 5 heteroatoms. The van der Waals surface area contributed by atoms with Crippen LogP contribution >= 0.6 is 11.6 Å². The van der Waals surface area contributed by atoms with Crippen molar-refractivity contribution in [3.63, 3.8) is 0 Å². The minimum absolute atomic E-state index is 0.0105. The van der Waals surface area contributed by atoms with Crippen LogP contribution in [0.5, 0.6) is 0 Å². The summed E-state index contributed by atoms with van der Waals surface area (Å²) < 4.78 is 0. The minimum atomic E-state index is -0.220. The van der Waals surface area contributed by atoms with Crippen molar-refractivity contribution >= 4 is 28.4 Å². The predicted molar refractivity (Wildman–Crippen MR) is 120 cm³/mol. The van der Waals surface area contributed by atoms with E-state index in [0.717, 1.165) is 38.9 Å². The molecular weight excluding hydrogens is 396 g/mol. The van der Waals surface area contributed by atoms with E-state index < -0.39 is 0 Å². The lowest BCUT2D eigenvalue weighted by atomic mass is 9.93. The number of benzene rings is 3. The molecule has 0 bridgehead atoms. The smallest absolute Gasteiger partial charge is 0.255 e. The van der Waals surface area contributed by atoms with Crippen LogP contribution in [0, 0.1) is 0 Å². The Balaban J connectivity index is 1.77. The molecule has 1 unspecified atom stereocenters. The fourth-order valence-corrected chi connectivity index (χ4v) is 4.57. The second-order valence-electron chi connectivity index (χ2n) is 7.53. The number of nitrogens with one attached hydrogen (secondary N) is 1. The Morgan fingerprint density at radius 3 is 2.50 bits per heavy atom. The molecule has 0 saturated carbocycles. The number of fused-ring (bicyclic) bond motifs is 2. The molecule has 30 heavy (non-hydrogen) atoms. The molecule has 2 heterocycles. The topological polar surface area (TPSA) is 56.3 Å². The lowest BCUT2D eigenvalue weighted by Gasteiger charge is -2.26. The molecule has 1 aliphatic heterocycles. The van der Waals surface area contributed by atoms with Crippen molar-refractivity contribution in [3.05, 3.63) is 94.5 Å². The highest BCUT2D eigenvalue weighted by molar-refractivity contribution is 6.30. The van der Waals surface area contributed by atoms with Crippen molar-refractivity contribution in [1.29, 1.82) is 0 Å². The second-order valence-corrected chi connectivity index (χ2v) is 7.97. The summed E-state index contributed by atoms with van der Waals surface area (Å²) in [7, 11) is 0. The first-order valence-electron chi connectivity index (χ1n) is 10.1. The first kappa shape index (κ1) is 18.9. The number of amides is 1. The summed E-state index contributed by atoms with van der Waals surface area (Å²) in [4.78, 5) is 18.7.